The number of carbonyl (C=O) groups excluding carboxylic acids is 1. The van der Waals surface area contributed by atoms with Crippen LogP contribution < -0.4 is 15.5 Å². The molecule has 0 saturated carbocycles. The van der Waals surface area contributed by atoms with Crippen LogP contribution in [0, 0.1) is 0 Å². The van der Waals surface area contributed by atoms with E-state index >= 15 is 0 Å². The molecular formula is C21H24ClN3O2S. The fourth-order valence-corrected chi connectivity index (χ4v) is 3.76. The van der Waals surface area contributed by atoms with E-state index in [0.29, 0.717) is 21.4 Å². The lowest BCUT2D eigenvalue weighted by Gasteiger charge is -2.20. The summed E-state index contributed by atoms with van der Waals surface area (Å²) in [6, 6.07) is 13.7. The Bertz CT molecular complexity index is 851. The third kappa shape index (κ3) is 4.94. The topological polar surface area (TPSA) is 53.6 Å². The summed E-state index contributed by atoms with van der Waals surface area (Å²) in [7, 11) is 1.32. The first kappa shape index (κ1) is 20.4. The average Bonchev–Trinajstić information content (AvgIpc) is 3.23. The van der Waals surface area contributed by atoms with E-state index in [-0.39, 0.29) is 6.04 Å². The first-order chi connectivity index (χ1) is 13.5. The molecule has 0 spiro atoms. The smallest absolute Gasteiger partial charge is 0.339 e. The summed E-state index contributed by atoms with van der Waals surface area (Å²) in [4.78, 5) is 14.2. The molecule has 148 valence electrons. The van der Waals surface area contributed by atoms with Crippen LogP contribution in [0.2, 0.25) is 5.02 Å². The van der Waals surface area contributed by atoms with Crippen molar-refractivity contribution < 1.29 is 9.53 Å². The number of nitrogens with zero attached hydrogens (tertiary/aromatic N) is 1. The van der Waals surface area contributed by atoms with E-state index < -0.39 is 5.97 Å². The number of esters is 1. The van der Waals surface area contributed by atoms with Gasteiger partial charge in [-0.15, -0.1) is 0 Å². The molecule has 0 bridgehead atoms. The van der Waals surface area contributed by atoms with Crippen LogP contribution in [0.25, 0.3) is 0 Å². The molecule has 5 nitrogen and oxygen atoms in total. The third-order valence-corrected chi connectivity index (χ3v) is 5.39. The maximum Gasteiger partial charge on any atom is 0.339 e. The van der Waals surface area contributed by atoms with Gasteiger partial charge in [0.15, 0.2) is 5.11 Å². The first-order valence-corrected chi connectivity index (χ1v) is 10.1. The van der Waals surface area contributed by atoms with Crippen molar-refractivity contribution in [1.29, 1.82) is 0 Å². The number of nitrogens with one attached hydrogen (secondary N) is 2. The molecule has 0 aliphatic carbocycles. The molecule has 0 aromatic heterocycles. The lowest BCUT2D eigenvalue weighted by molar-refractivity contribution is 0.0601. The summed E-state index contributed by atoms with van der Waals surface area (Å²) < 4.78 is 4.74. The average molecular weight is 418 g/mol. The van der Waals surface area contributed by atoms with Gasteiger partial charge in [-0.25, -0.2) is 4.79 Å². The van der Waals surface area contributed by atoms with Gasteiger partial charge in [0.1, 0.15) is 0 Å². The number of ether oxygens (including phenoxy) is 1. The first-order valence-electron chi connectivity index (χ1n) is 9.28. The molecule has 0 radical (unpaired) electrons. The van der Waals surface area contributed by atoms with Gasteiger partial charge in [0.2, 0.25) is 0 Å². The Labute approximate surface area is 176 Å². The Morgan fingerprint density at radius 2 is 1.86 bits per heavy atom. The minimum atomic E-state index is -0.487. The molecule has 1 atom stereocenters. The van der Waals surface area contributed by atoms with Crippen molar-refractivity contribution in [3.63, 3.8) is 0 Å². The minimum absolute atomic E-state index is 0.0417. The molecule has 3 rings (SSSR count). The molecule has 1 heterocycles. The number of rotatable bonds is 5. The van der Waals surface area contributed by atoms with Gasteiger partial charge in [-0.3, -0.25) is 0 Å². The van der Waals surface area contributed by atoms with Crippen LogP contribution in [0.15, 0.2) is 42.5 Å². The number of halogens is 1. The van der Waals surface area contributed by atoms with Gasteiger partial charge in [0.25, 0.3) is 0 Å². The molecule has 2 N–H and O–H groups in total. The van der Waals surface area contributed by atoms with Crippen molar-refractivity contribution >= 4 is 46.3 Å². The minimum Gasteiger partial charge on any atom is -0.465 e. The van der Waals surface area contributed by atoms with Crippen LogP contribution in [0.3, 0.4) is 0 Å². The van der Waals surface area contributed by atoms with Gasteiger partial charge in [0, 0.05) is 24.5 Å². The second-order valence-corrected chi connectivity index (χ2v) is 7.61. The molecule has 1 aliphatic heterocycles. The summed E-state index contributed by atoms with van der Waals surface area (Å²) in [6.45, 7) is 4.33. The maximum atomic E-state index is 11.8. The fraction of sp³-hybridized carbons (Fsp3) is 0.333. The van der Waals surface area contributed by atoms with Crippen molar-refractivity contribution in [3.05, 3.63) is 58.6 Å². The predicted molar refractivity (Wildman–Crippen MR) is 118 cm³/mol. The fourth-order valence-electron chi connectivity index (χ4n) is 3.27. The van der Waals surface area contributed by atoms with Gasteiger partial charge < -0.3 is 20.3 Å². The summed E-state index contributed by atoms with van der Waals surface area (Å²) in [5.74, 6) is -0.487. The molecule has 2 aromatic carbocycles. The van der Waals surface area contributed by atoms with Crippen LogP contribution in [0.5, 0.6) is 0 Å². The number of benzene rings is 2. The second-order valence-electron chi connectivity index (χ2n) is 6.79. The van der Waals surface area contributed by atoms with Gasteiger partial charge in [-0.1, -0.05) is 23.7 Å². The predicted octanol–water partition coefficient (Wildman–Crippen LogP) is 4.77. The molecule has 28 heavy (non-hydrogen) atoms. The van der Waals surface area contributed by atoms with Gasteiger partial charge >= 0.3 is 5.97 Å². The van der Waals surface area contributed by atoms with Crippen LogP contribution in [-0.2, 0) is 4.74 Å². The van der Waals surface area contributed by atoms with Crippen LogP contribution >= 0.6 is 23.8 Å². The zero-order chi connectivity index (χ0) is 20.1. The quantitative estimate of drug-likeness (QED) is 0.539. The summed E-state index contributed by atoms with van der Waals surface area (Å²) in [6.07, 6.45) is 2.53. The van der Waals surface area contributed by atoms with Crippen molar-refractivity contribution in [3.8, 4) is 0 Å². The lowest BCUT2D eigenvalue weighted by atomic mass is 10.1. The van der Waals surface area contributed by atoms with Crippen molar-refractivity contribution in [2.24, 2.45) is 0 Å². The van der Waals surface area contributed by atoms with Gasteiger partial charge in [-0.2, -0.15) is 0 Å². The van der Waals surface area contributed by atoms with Crippen LogP contribution in [0.1, 0.15) is 41.7 Å². The summed E-state index contributed by atoms with van der Waals surface area (Å²) >= 11 is 11.5. The van der Waals surface area contributed by atoms with E-state index in [2.05, 4.69) is 46.7 Å². The highest BCUT2D eigenvalue weighted by atomic mass is 35.5. The Balaban J connectivity index is 1.60. The standard InChI is InChI=1S/C21H24ClN3O2S/c1-14(15-5-8-17(9-6-15)25-11-3-4-12-25)23-21(28)24-16-7-10-19(22)18(13-16)20(26)27-2/h5-10,13-14H,3-4,11-12H2,1-2H3,(H2,23,24,28). The maximum absolute atomic E-state index is 11.8. The Morgan fingerprint density at radius 1 is 1.18 bits per heavy atom. The highest BCUT2D eigenvalue weighted by Crippen LogP contribution is 2.24. The van der Waals surface area contributed by atoms with Crippen molar-refractivity contribution in [1.82, 2.24) is 5.32 Å². The van der Waals surface area contributed by atoms with Crippen LogP contribution in [0.4, 0.5) is 11.4 Å². The molecule has 1 saturated heterocycles. The largest absolute Gasteiger partial charge is 0.465 e. The normalized spacial score (nSPS) is 14.5. The zero-order valence-electron chi connectivity index (χ0n) is 16.0. The molecule has 1 unspecified atom stereocenters. The second kappa shape index (κ2) is 9.26. The lowest BCUT2D eigenvalue weighted by Crippen LogP contribution is -2.31. The molecule has 7 heteroatoms. The Kier molecular flexibility index (Phi) is 6.75. The number of hydrogen-bond donors (Lipinski definition) is 2. The number of hydrogen-bond acceptors (Lipinski definition) is 4. The molecule has 1 fully saturated rings. The van der Waals surface area contributed by atoms with Gasteiger partial charge in [-0.05, 0) is 67.9 Å². The number of anilines is 2. The van der Waals surface area contributed by atoms with E-state index in [0.717, 1.165) is 18.7 Å². The molecule has 0 amide bonds. The third-order valence-electron chi connectivity index (χ3n) is 4.84. The summed E-state index contributed by atoms with van der Waals surface area (Å²) in [5, 5.41) is 7.16. The Hall–Kier alpha value is -2.31. The SMILES string of the molecule is COC(=O)c1cc(NC(=S)NC(C)c2ccc(N3CCCC3)cc2)ccc1Cl. The highest BCUT2D eigenvalue weighted by Gasteiger charge is 2.14. The van der Waals surface area contributed by atoms with Gasteiger partial charge in [0.05, 0.1) is 23.7 Å². The molecular weight excluding hydrogens is 394 g/mol. The van der Waals surface area contributed by atoms with Crippen molar-refractivity contribution in [2.45, 2.75) is 25.8 Å². The van der Waals surface area contributed by atoms with Crippen molar-refractivity contribution in [2.75, 3.05) is 30.4 Å². The van der Waals surface area contributed by atoms with E-state index in [1.165, 1.54) is 25.6 Å². The van der Waals surface area contributed by atoms with Crippen LogP contribution in [-0.4, -0.2) is 31.3 Å². The monoisotopic (exact) mass is 417 g/mol. The number of carbonyl (C=O) groups is 1. The number of methoxy groups -OCH3 is 1. The highest BCUT2D eigenvalue weighted by molar-refractivity contribution is 7.80. The molecule has 2 aromatic rings. The van der Waals surface area contributed by atoms with E-state index in [4.69, 9.17) is 28.6 Å². The zero-order valence-corrected chi connectivity index (χ0v) is 17.6. The van der Waals surface area contributed by atoms with E-state index in [9.17, 15) is 4.79 Å². The van der Waals surface area contributed by atoms with E-state index in [1.54, 1.807) is 18.2 Å². The van der Waals surface area contributed by atoms with E-state index in [1.807, 2.05) is 0 Å². The summed E-state index contributed by atoms with van der Waals surface area (Å²) in [5.41, 5.74) is 3.38. The Morgan fingerprint density at radius 3 is 2.50 bits per heavy atom. The number of thiocarbonyl (C=S) groups is 1. The molecule has 1 aliphatic rings.